The number of hydrogen-bond acceptors (Lipinski definition) is 0. The standard InChI is InChI=1S/C11H17Si.C10H15.2ClH.Hf/c1-3-12(7-4-8-12)11-6-5-10(2)9-11;1-7-6-10(4,5)9(3)8(7)2;;;/h5H,3-4,6-8H2,1-2H3;1-5H3;2*1H;/q2*-1;;;+4/p-2. The third-order valence-electron chi connectivity index (χ3n) is 6.15. The maximum atomic E-state index is 3.59. The minimum atomic E-state index is -0.872. The molecular formula is C21H32Cl2HfSi. The van der Waals surface area contributed by atoms with Crippen LogP contribution in [0.3, 0.4) is 0 Å². The van der Waals surface area contributed by atoms with Gasteiger partial charge in [0.15, 0.2) is 0 Å². The van der Waals surface area contributed by atoms with Crippen LogP contribution in [0.15, 0.2) is 33.6 Å². The predicted octanol–water partition coefficient (Wildman–Crippen LogP) is 0.595. The average molecular weight is 562 g/mol. The van der Waals surface area contributed by atoms with E-state index in [4.69, 9.17) is 0 Å². The normalized spacial score (nSPS) is 22.0. The third-order valence-corrected chi connectivity index (χ3v) is 11.7. The second kappa shape index (κ2) is 10.8. The summed E-state index contributed by atoms with van der Waals surface area (Å²) in [6, 6.07) is 4.55. The molecule has 0 bridgehead atoms. The van der Waals surface area contributed by atoms with Crippen LogP contribution in [0.5, 0.6) is 0 Å². The fourth-order valence-corrected chi connectivity index (χ4v) is 7.76. The van der Waals surface area contributed by atoms with E-state index in [0.717, 1.165) is 0 Å². The molecule has 0 N–H and O–H groups in total. The van der Waals surface area contributed by atoms with Crippen LogP contribution in [0.4, 0.5) is 0 Å². The summed E-state index contributed by atoms with van der Waals surface area (Å²) >= 11 is 0. The summed E-state index contributed by atoms with van der Waals surface area (Å²) in [6.45, 7) is 15.5. The summed E-state index contributed by atoms with van der Waals surface area (Å²) in [5, 5.41) is 1.73. The van der Waals surface area contributed by atoms with E-state index in [-0.39, 0.29) is 56.1 Å². The largest absolute Gasteiger partial charge is 4.00 e. The van der Waals surface area contributed by atoms with Gasteiger partial charge in [-0.25, -0.2) is 17.2 Å². The van der Waals surface area contributed by atoms with Crippen LogP contribution in [0.25, 0.3) is 0 Å². The van der Waals surface area contributed by atoms with E-state index in [1.807, 2.05) is 0 Å². The van der Waals surface area contributed by atoms with Crippen LogP contribution < -0.4 is 24.8 Å². The molecule has 0 atom stereocenters. The third kappa shape index (κ3) is 6.06. The first-order chi connectivity index (χ1) is 10.2. The minimum Gasteiger partial charge on any atom is -1.00 e. The Labute approximate surface area is 188 Å². The van der Waals surface area contributed by atoms with Gasteiger partial charge in [0.2, 0.25) is 0 Å². The van der Waals surface area contributed by atoms with Crippen molar-refractivity contribution in [1.29, 1.82) is 0 Å². The summed E-state index contributed by atoms with van der Waals surface area (Å²) in [5.74, 6) is 0. The smallest absolute Gasteiger partial charge is 1.00 e. The van der Waals surface area contributed by atoms with Crippen molar-refractivity contribution in [2.75, 3.05) is 0 Å². The Morgan fingerprint density at radius 3 is 1.84 bits per heavy atom. The van der Waals surface area contributed by atoms with Crippen molar-refractivity contribution in [3.8, 4) is 0 Å². The molecule has 0 spiro atoms. The first-order valence-corrected chi connectivity index (χ1v) is 11.4. The molecule has 0 amide bonds. The Morgan fingerprint density at radius 1 is 1.08 bits per heavy atom. The number of rotatable bonds is 2. The summed E-state index contributed by atoms with van der Waals surface area (Å²) in [5.41, 5.74) is 5.78. The topological polar surface area (TPSA) is 0 Å². The first-order valence-electron chi connectivity index (χ1n) is 8.82. The molecule has 1 aliphatic heterocycles. The Kier molecular flexibility index (Phi) is 12.1. The number of halogens is 2. The zero-order valence-corrected chi connectivity index (χ0v) is 23.0. The molecule has 2 aliphatic carbocycles. The van der Waals surface area contributed by atoms with E-state index in [9.17, 15) is 0 Å². The minimum absolute atomic E-state index is 0. The van der Waals surface area contributed by atoms with Crippen LogP contribution in [-0.4, -0.2) is 8.07 Å². The summed E-state index contributed by atoms with van der Waals surface area (Å²) < 4.78 is 0. The quantitative estimate of drug-likeness (QED) is 0.342. The molecule has 1 saturated heterocycles. The van der Waals surface area contributed by atoms with Gasteiger partial charge in [-0.05, 0) is 0 Å². The molecule has 1 heterocycles. The maximum Gasteiger partial charge on any atom is 4.00 e. The van der Waals surface area contributed by atoms with Gasteiger partial charge in [0.05, 0.1) is 8.07 Å². The molecule has 0 radical (unpaired) electrons. The van der Waals surface area contributed by atoms with Gasteiger partial charge in [0.25, 0.3) is 0 Å². The molecule has 4 heteroatoms. The second-order valence-electron chi connectivity index (χ2n) is 7.81. The van der Waals surface area contributed by atoms with Crippen molar-refractivity contribution in [2.45, 2.75) is 79.4 Å². The molecule has 3 aliphatic rings. The SMILES string of the molecule is CC1=[C-]C(C)(C)C(C)=C1C.CC[Si]1(C2=[C-]C(C)=CC2)CCC1.[Cl-].[Cl-].[Hf+4]. The molecule has 0 aromatic heterocycles. The first kappa shape index (κ1) is 27.8. The number of allylic oxidation sites excluding steroid dienone is 8. The Morgan fingerprint density at radius 2 is 1.64 bits per heavy atom. The monoisotopic (exact) mass is 562 g/mol. The molecular weight excluding hydrogens is 530 g/mol. The van der Waals surface area contributed by atoms with E-state index in [1.165, 1.54) is 41.2 Å². The van der Waals surface area contributed by atoms with Crippen molar-refractivity contribution in [2.24, 2.45) is 5.41 Å². The van der Waals surface area contributed by atoms with Crippen LogP contribution >= 0.6 is 0 Å². The van der Waals surface area contributed by atoms with Gasteiger partial charge in [-0.1, -0.05) is 71.5 Å². The molecule has 0 unspecified atom stereocenters. The Hall–Kier alpha value is 0.627. The van der Waals surface area contributed by atoms with Crippen LogP contribution in [0, 0.1) is 17.6 Å². The van der Waals surface area contributed by atoms with Gasteiger partial charge in [0, 0.05) is 0 Å². The van der Waals surface area contributed by atoms with Gasteiger partial charge >= 0.3 is 25.8 Å². The van der Waals surface area contributed by atoms with Crippen molar-refractivity contribution in [3.63, 3.8) is 0 Å². The van der Waals surface area contributed by atoms with Gasteiger partial charge in [-0.3, -0.25) is 12.2 Å². The molecule has 0 aromatic rings. The zero-order chi connectivity index (χ0) is 16.5. The molecule has 0 saturated carbocycles. The van der Waals surface area contributed by atoms with Crippen LogP contribution in [0.2, 0.25) is 18.1 Å². The fraction of sp³-hybridized carbons (Fsp3) is 0.619. The predicted molar refractivity (Wildman–Crippen MR) is 100 cm³/mol. The van der Waals surface area contributed by atoms with E-state index in [1.54, 1.807) is 17.3 Å². The van der Waals surface area contributed by atoms with Gasteiger partial charge < -0.3 is 24.8 Å². The van der Waals surface area contributed by atoms with Gasteiger partial charge in [-0.15, -0.1) is 13.3 Å². The summed E-state index contributed by atoms with van der Waals surface area (Å²) in [7, 11) is -0.872. The maximum absolute atomic E-state index is 3.59. The van der Waals surface area contributed by atoms with Crippen LogP contribution in [-0.2, 0) is 25.8 Å². The van der Waals surface area contributed by atoms with Gasteiger partial charge in [0.1, 0.15) is 0 Å². The van der Waals surface area contributed by atoms with E-state index < -0.39 is 8.07 Å². The Bertz CT molecular complexity index is 573. The Balaban J connectivity index is 0. The number of hydrogen-bond donors (Lipinski definition) is 0. The molecule has 0 aromatic carbocycles. The van der Waals surface area contributed by atoms with E-state index >= 15 is 0 Å². The molecule has 1 fully saturated rings. The van der Waals surface area contributed by atoms with Crippen molar-refractivity contribution < 1.29 is 50.7 Å². The molecule has 25 heavy (non-hydrogen) atoms. The summed E-state index contributed by atoms with van der Waals surface area (Å²) in [4.78, 5) is 0. The molecule has 138 valence electrons. The fourth-order valence-electron chi connectivity index (χ4n) is 3.82. The van der Waals surface area contributed by atoms with Crippen molar-refractivity contribution >= 4 is 8.07 Å². The van der Waals surface area contributed by atoms with E-state index in [0.29, 0.717) is 0 Å². The van der Waals surface area contributed by atoms with Crippen LogP contribution in [0.1, 0.15) is 61.3 Å². The molecule has 3 rings (SSSR count). The molecule has 0 nitrogen and oxygen atoms in total. The van der Waals surface area contributed by atoms with Crippen molar-refractivity contribution in [3.05, 3.63) is 45.7 Å². The van der Waals surface area contributed by atoms with Gasteiger partial charge in [-0.2, -0.15) is 16.3 Å². The van der Waals surface area contributed by atoms with E-state index in [2.05, 4.69) is 66.7 Å². The van der Waals surface area contributed by atoms with Crippen molar-refractivity contribution in [1.82, 2.24) is 0 Å². The second-order valence-corrected chi connectivity index (χ2v) is 12.7. The zero-order valence-electron chi connectivity index (χ0n) is 16.9. The summed E-state index contributed by atoms with van der Waals surface area (Å²) in [6.07, 6.45) is 12.1. The average Bonchev–Trinajstić information content (AvgIpc) is 2.89.